The van der Waals surface area contributed by atoms with E-state index in [9.17, 15) is 4.79 Å². The van der Waals surface area contributed by atoms with Crippen LogP contribution in [0.2, 0.25) is 0 Å². The SMILES string of the molecule is Cc1oc2ccccc2c1C(=O)NCCS. The molecule has 1 heterocycles. The predicted molar refractivity (Wildman–Crippen MR) is 67.1 cm³/mol. The Balaban J connectivity index is 2.43. The third-order valence-corrected chi connectivity index (χ3v) is 2.62. The second-order valence-corrected chi connectivity index (χ2v) is 3.96. The van der Waals surface area contributed by atoms with Crippen molar-refractivity contribution in [1.82, 2.24) is 5.32 Å². The van der Waals surface area contributed by atoms with Crippen molar-refractivity contribution >= 4 is 29.5 Å². The summed E-state index contributed by atoms with van der Waals surface area (Å²) in [5.74, 6) is 1.18. The molecule has 1 aromatic heterocycles. The van der Waals surface area contributed by atoms with Gasteiger partial charge in [-0.1, -0.05) is 18.2 Å². The summed E-state index contributed by atoms with van der Waals surface area (Å²) < 4.78 is 5.52. The Morgan fingerprint density at radius 3 is 2.94 bits per heavy atom. The van der Waals surface area contributed by atoms with Crippen molar-refractivity contribution < 1.29 is 9.21 Å². The number of benzene rings is 1. The molecule has 0 saturated heterocycles. The average Bonchev–Trinajstić information content (AvgIpc) is 2.62. The van der Waals surface area contributed by atoms with Crippen LogP contribution in [-0.4, -0.2) is 18.2 Å². The van der Waals surface area contributed by atoms with Gasteiger partial charge in [-0.2, -0.15) is 12.6 Å². The highest BCUT2D eigenvalue weighted by Crippen LogP contribution is 2.24. The molecule has 0 spiro atoms. The summed E-state index contributed by atoms with van der Waals surface area (Å²) in [4.78, 5) is 11.9. The lowest BCUT2D eigenvalue weighted by atomic mass is 10.1. The van der Waals surface area contributed by atoms with Crippen molar-refractivity contribution in [2.75, 3.05) is 12.3 Å². The van der Waals surface area contributed by atoms with Crippen LogP contribution < -0.4 is 5.32 Å². The van der Waals surface area contributed by atoms with E-state index in [0.29, 0.717) is 23.6 Å². The van der Waals surface area contributed by atoms with E-state index < -0.39 is 0 Å². The summed E-state index contributed by atoms with van der Waals surface area (Å²) in [7, 11) is 0. The number of amides is 1. The minimum Gasteiger partial charge on any atom is -0.461 e. The zero-order valence-corrected chi connectivity index (χ0v) is 9.88. The number of hydrogen-bond donors (Lipinski definition) is 2. The van der Waals surface area contributed by atoms with E-state index in [1.165, 1.54) is 0 Å². The Labute approximate surface area is 99.2 Å². The molecule has 0 bridgehead atoms. The first-order valence-electron chi connectivity index (χ1n) is 5.11. The average molecular weight is 235 g/mol. The molecule has 0 radical (unpaired) electrons. The van der Waals surface area contributed by atoms with Gasteiger partial charge in [0, 0.05) is 17.7 Å². The molecule has 0 saturated carbocycles. The lowest BCUT2D eigenvalue weighted by Gasteiger charge is -2.01. The molecule has 0 aliphatic heterocycles. The maximum atomic E-state index is 11.9. The van der Waals surface area contributed by atoms with Crippen molar-refractivity contribution in [3.05, 3.63) is 35.6 Å². The monoisotopic (exact) mass is 235 g/mol. The van der Waals surface area contributed by atoms with Crippen LogP contribution in [0.25, 0.3) is 11.0 Å². The highest BCUT2D eigenvalue weighted by Gasteiger charge is 2.16. The lowest BCUT2D eigenvalue weighted by Crippen LogP contribution is -2.25. The fraction of sp³-hybridized carbons (Fsp3) is 0.250. The van der Waals surface area contributed by atoms with Crippen molar-refractivity contribution in [2.45, 2.75) is 6.92 Å². The van der Waals surface area contributed by atoms with Gasteiger partial charge in [0.2, 0.25) is 0 Å². The van der Waals surface area contributed by atoms with Gasteiger partial charge in [0.05, 0.1) is 5.56 Å². The number of rotatable bonds is 3. The molecular weight excluding hydrogens is 222 g/mol. The van der Waals surface area contributed by atoms with Crippen LogP contribution in [0.5, 0.6) is 0 Å². The smallest absolute Gasteiger partial charge is 0.255 e. The summed E-state index contributed by atoms with van der Waals surface area (Å²) in [5.41, 5.74) is 1.37. The van der Waals surface area contributed by atoms with Gasteiger partial charge >= 0.3 is 0 Å². The largest absolute Gasteiger partial charge is 0.461 e. The van der Waals surface area contributed by atoms with E-state index >= 15 is 0 Å². The number of aryl methyl sites for hydroxylation is 1. The first-order chi connectivity index (χ1) is 7.74. The molecule has 84 valence electrons. The van der Waals surface area contributed by atoms with Crippen molar-refractivity contribution in [1.29, 1.82) is 0 Å². The van der Waals surface area contributed by atoms with Gasteiger partial charge in [-0.25, -0.2) is 0 Å². The van der Waals surface area contributed by atoms with Gasteiger partial charge in [-0.15, -0.1) is 0 Å². The van der Waals surface area contributed by atoms with E-state index in [1.54, 1.807) is 6.92 Å². The molecule has 3 nitrogen and oxygen atoms in total. The van der Waals surface area contributed by atoms with Gasteiger partial charge in [-0.3, -0.25) is 4.79 Å². The Hall–Kier alpha value is -1.42. The predicted octanol–water partition coefficient (Wildman–Crippen LogP) is 2.40. The highest BCUT2D eigenvalue weighted by atomic mass is 32.1. The van der Waals surface area contributed by atoms with Gasteiger partial charge < -0.3 is 9.73 Å². The van der Waals surface area contributed by atoms with Crippen LogP contribution in [0.15, 0.2) is 28.7 Å². The zero-order chi connectivity index (χ0) is 11.5. The number of nitrogens with one attached hydrogen (secondary N) is 1. The standard InChI is InChI=1S/C12H13NO2S/c1-8-11(12(14)13-6-7-16)9-4-2-3-5-10(9)15-8/h2-5,16H,6-7H2,1H3,(H,13,14). The number of carbonyl (C=O) groups excluding carboxylic acids is 1. The first-order valence-corrected chi connectivity index (χ1v) is 5.74. The molecule has 4 heteroatoms. The Morgan fingerprint density at radius 2 is 2.19 bits per heavy atom. The van der Waals surface area contributed by atoms with E-state index in [0.717, 1.165) is 11.0 Å². The third kappa shape index (κ3) is 1.93. The van der Waals surface area contributed by atoms with Crippen LogP contribution in [-0.2, 0) is 0 Å². The Morgan fingerprint density at radius 1 is 1.44 bits per heavy atom. The zero-order valence-electron chi connectivity index (χ0n) is 8.99. The molecule has 1 N–H and O–H groups in total. The van der Waals surface area contributed by atoms with Gasteiger partial charge in [0.1, 0.15) is 11.3 Å². The number of furan rings is 1. The number of carbonyl (C=O) groups is 1. The summed E-state index contributed by atoms with van der Waals surface area (Å²) in [6, 6.07) is 7.53. The third-order valence-electron chi connectivity index (χ3n) is 2.40. The van der Waals surface area contributed by atoms with Crippen molar-refractivity contribution in [2.24, 2.45) is 0 Å². The molecule has 2 aromatic rings. The van der Waals surface area contributed by atoms with Gasteiger partial charge in [-0.05, 0) is 13.0 Å². The van der Waals surface area contributed by atoms with E-state index in [2.05, 4.69) is 17.9 Å². The van der Waals surface area contributed by atoms with E-state index in [1.807, 2.05) is 24.3 Å². The number of thiol groups is 1. The molecule has 16 heavy (non-hydrogen) atoms. The molecule has 1 aromatic carbocycles. The summed E-state index contributed by atoms with van der Waals surface area (Å²) >= 11 is 4.05. The molecule has 2 rings (SSSR count). The maximum absolute atomic E-state index is 11.9. The molecule has 0 aliphatic carbocycles. The summed E-state index contributed by atoms with van der Waals surface area (Å²) in [5, 5.41) is 3.65. The fourth-order valence-electron chi connectivity index (χ4n) is 1.71. The molecule has 0 unspecified atom stereocenters. The van der Waals surface area contributed by atoms with Crippen LogP contribution in [0.1, 0.15) is 16.1 Å². The van der Waals surface area contributed by atoms with Gasteiger partial charge in [0.25, 0.3) is 5.91 Å². The number of para-hydroxylation sites is 1. The van der Waals surface area contributed by atoms with E-state index in [4.69, 9.17) is 4.42 Å². The highest BCUT2D eigenvalue weighted by molar-refractivity contribution is 7.80. The lowest BCUT2D eigenvalue weighted by molar-refractivity contribution is 0.0956. The van der Waals surface area contributed by atoms with Crippen LogP contribution >= 0.6 is 12.6 Å². The number of hydrogen-bond acceptors (Lipinski definition) is 3. The Bertz CT molecular complexity index is 519. The van der Waals surface area contributed by atoms with E-state index in [-0.39, 0.29) is 5.91 Å². The topological polar surface area (TPSA) is 42.2 Å². The summed E-state index contributed by atoms with van der Waals surface area (Å²) in [6.45, 7) is 2.36. The first kappa shape index (κ1) is 11.1. The van der Waals surface area contributed by atoms with Crippen molar-refractivity contribution in [3.63, 3.8) is 0 Å². The molecular formula is C12H13NO2S. The molecule has 1 amide bonds. The summed E-state index contributed by atoms with van der Waals surface area (Å²) in [6.07, 6.45) is 0. The Kier molecular flexibility index (Phi) is 3.19. The van der Waals surface area contributed by atoms with Crippen LogP contribution in [0, 0.1) is 6.92 Å². The second kappa shape index (κ2) is 4.61. The number of fused-ring (bicyclic) bond motifs is 1. The minimum absolute atomic E-state index is 0.100. The molecule has 0 aliphatic rings. The fourth-order valence-corrected chi connectivity index (χ4v) is 1.82. The quantitative estimate of drug-likeness (QED) is 0.802. The second-order valence-electron chi connectivity index (χ2n) is 3.51. The maximum Gasteiger partial charge on any atom is 0.255 e. The van der Waals surface area contributed by atoms with Crippen LogP contribution in [0.3, 0.4) is 0 Å². The van der Waals surface area contributed by atoms with Crippen LogP contribution in [0.4, 0.5) is 0 Å². The van der Waals surface area contributed by atoms with Gasteiger partial charge in [0.15, 0.2) is 0 Å². The normalized spacial score (nSPS) is 10.6. The molecule has 0 fully saturated rings. The minimum atomic E-state index is -0.100. The molecule has 0 atom stereocenters. The van der Waals surface area contributed by atoms with Crippen molar-refractivity contribution in [3.8, 4) is 0 Å².